The van der Waals surface area contributed by atoms with E-state index in [0.717, 1.165) is 36.3 Å². The third-order valence-corrected chi connectivity index (χ3v) is 8.02. The number of aromatic nitrogens is 2. The molecular weight excluding hydrogens is 372 g/mol. The molecule has 3 aliphatic rings. The lowest BCUT2D eigenvalue weighted by Crippen LogP contribution is -2.43. The van der Waals surface area contributed by atoms with Gasteiger partial charge in [0.05, 0.1) is 28.6 Å². The Morgan fingerprint density at radius 3 is 2.96 bits per heavy atom. The monoisotopic (exact) mass is 396 g/mol. The van der Waals surface area contributed by atoms with Crippen LogP contribution < -0.4 is 4.90 Å². The zero-order chi connectivity index (χ0) is 19.1. The molecule has 1 atom stereocenters. The summed E-state index contributed by atoms with van der Waals surface area (Å²) in [6.45, 7) is 4.39. The number of nitrogens with zero attached hydrogens (tertiary/aromatic N) is 4. The molecule has 7 heteroatoms. The van der Waals surface area contributed by atoms with Crippen molar-refractivity contribution >= 4 is 27.3 Å². The summed E-state index contributed by atoms with van der Waals surface area (Å²) >= 11 is 0. The van der Waals surface area contributed by atoms with Crippen LogP contribution in [0.3, 0.4) is 0 Å². The Bertz CT molecular complexity index is 1060. The molecule has 2 saturated heterocycles. The van der Waals surface area contributed by atoms with Gasteiger partial charge < -0.3 is 9.64 Å². The number of rotatable bonds is 3. The second-order valence-corrected chi connectivity index (χ2v) is 10.2. The fraction of sp³-hybridized carbons (Fsp3) is 0.429. The van der Waals surface area contributed by atoms with E-state index in [4.69, 9.17) is 9.72 Å². The normalized spacial score (nSPS) is 22.6. The molecule has 28 heavy (non-hydrogen) atoms. The molecule has 0 spiro atoms. The Hall–Kier alpha value is -2.25. The minimum absolute atomic E-state index is 0.272. The Balaban J connectivity index is 1.65. The SMILES string of the molecule is C[C@@H]1COCCN1c1cc(N=S2(=O)CCC2)nc(-c2cncc3c2C=CC3)c1. The van der Waals surface area contributed by atoms with Crippen LogP contribution in [-0.2, 0) is 20.9 Å². The number of pyridine rings is 2. The van der Waals surface area contributed by atoms with Gasteiger partial charge >= 0.3 is 0 Å². The largest absolute Gasteiger partial charge is 0.377 e. The lowest BCUT2D eigenvalue weighted by atomic mass is 10.0. The van der Waals surface area contributed by atoms with Gasteiger partial charge in [0, 0.05) is 53.8 Å². The fourth-order valence-corrected chi connectivity index (χ4v) is 5.40. The molecular formula is C21H24N4O2S. The van der Waals surface area contributed by atoms with Gasteiger partial charge in [0.15, 0.2) is 5.82 Å². The van der Waals surface area contributed by atoms with Crippen LogP contribution >= 0.6 is 0 Å². The summed E-state index contributed by atoms with van der Waals surface area (Å²) in [6, 6.07) is 4.36. The second-order valence-electron chi connectivity index (χ2n) is 7.68. The molecule has 2 aromatic rings. The van der Waals surface area contributed by atoms with Gasteiger partial charge in [0.2, 0.25) is 0 Å². The maximum atomic E-state index is 12.7. The predicted molar refractivity (Wildman–Crippen MR) is 112 cm³/mol. The van der Waals surface area contributed by atoms with Crippen molar-refractivity contribution < 1.29 is 8.95 Å². The number of hydrogen-bond acceptors (Lipinski definition) is 6. The average Bonchev–Trinajstić information content (AvgIpc) is 3.15. The maximum absolute atomic E-state index is 12.7. The Kier molecular flexibility index (Phi) is 4.44. The minimum atomic E-state index is -2.12. The molecule has 0 bridgehead atoms. The summed E-state index contributed by atoms with van der Waals surface area (Å²) < 4.78 is 22.9. The summed E-state index contributed by atoms with van der Waals surface area (Å²) in [5, 5.41) is 0. The van der Waals surface area contributed by atoms with E-state index in [1.54, 1.807) is 0 Å². The van der Waals surface area contributed by atoms with Crippen LogP contribution in [0.15, 0.2) is 35.0 Å². The average molecular weight is 397 g/mol. The van der Waals surface area contributed by atoms with Gasteiger partial charge in [-0.2, -0.15) is 4.36 Å². The third-order valence-electron chi connectivity index (χ3n) is 5.65. The van der Waals surface area contributed by atoms with Crippen LogP contribution in [0.2, 0.25) is 0 Å². The highest BCUT2D eigenvalue weighted by Gasteiger charge is 2.24. The van der Waals surface area contributed by atoms with Crippen molar-refractivity contribution in [3.63, 3.8) is 0 Å². The maximum Gasteiger partial charge on any atom is 0.164 e. The molecule has 2 fully saturated rings. The first-order chi connectivity index (χ1) is 13.6. The Labute approximate surface area is 165 Å². The standard InChI is InChI=1S/C21H24N4O2S/c1-15-14-27-7-6-25(15)17-10-20(19-13-22-12-16-4-2-5-18(16)19)23-21(11-17)24-28(26)8-3-9-28/h2,5,10-13,15H,3-4,6-9,14H2,1H3/t15-/m1/s1. The van der Waals surface area contributed by atoms with Gasteiger partial charge in [-0.05, 0) is 37.0 Å². The van der Waals surface area contributed by atoms with Crippen LogP contribution in [0, 0.1) is 0 Å². The predicted octanol–water partition coefficient (Wildman–Crippen LogP) is 3.44. The number of hydrogen-bond donors (Lipinski definition) is 0. The van der Waals surface area contributed by atoms with Crippen molar-refractivity contribution in [3.8, 4) is 11.3 Å². The number of morpholine rings is 1. The zero-order valence-corrected chi connectivity index (χ0v) is 16.8. The van der Waals surface area contributed by atoms with Gasteiger partial charge in [-0.25, -0.2) is 9.19 Å². The van der Waals surface area contributed by atoms with Crippen molar-refractivity contribution in [1.82, 2.24) is 9.97 Å². The molecule has 5 rings (SSSR count). The molecule has 0 amide bonds. The molecule has 6 nitrogen and oxygen atoms in total. The Morgan fingerprint density at radius 1 is 1.29 bits per heavy atom. The smallest absolute Gasteiger partial charge is 0.164 e. The molecule has 0 aromatic carbocycles. The highest BCUT2D eigenvalue weighted by atomic mass is 32.2. The summed E-state index contributed by atoms with van der Waals surface area (Å²) in [5.41, 5.74) is 5.30. The number of anilines is 1. The lowest BCUT2D eigenvalue weighted by Gasteiger charge is -2.35. The summed E-state index contributed by atoms with van der Waals surface area (Å²) in [7, 11) is -2.12. The molecule has 0 unspecified atom stereocenters. The number of fused-ring (bicyclic) bond motifs is 1. The molecule has 2 aromatic heterocycles. The van der Waals surface area contributed by atoms with Gasteiger partial charge in [-0.3, -0.25) is 4.98 Å². The fourth-order valence-electron chi connectivity index (χ4n) is 4.00. The topological polar surface area (TPSA) is 67.7 Å². The molecule has 1 aliphatic carbocycles. The van der Waals surface area contributed by atoms with E-state index in [1.807, 2.05) is 18.5 Å². The van der Waals surface area contributed by atoms with E-state index in [1.165, 1.54) is 11.1 Å². The second kappa shape index (κ2) is 6.97. The van der Waals surface area contributed by atoms with Crippen LogP contribution in [0.4, 0.5) is 11.5 Å². The van der Waals surface area contributed by atoms with Crippen molar-refractivity contribution in [2.75, 3.05) is 36.2 Å². The van der Waals surface area contributed by atoms with Crippen molar-refractivity contribution in [3.05, 3.63) is 41.7 Å². The first-order valence-corrected chi connectivity index (χ1v) is 11.7. The molecule has 2 aliphatic heterocycles. The molecule has 0 N–H and O–H groups in total. The molecule has 0 radical (unpaired) electrons. The molecule has 146 valence electrons. The van der Waals surface area contributed by atoms with Crippen LogP contribution in [-0.4, -0.2) is 51.5 Å². The number of allylic oxidation sites excluding steroid dienone is 1. The summed E-state index contributed by atoms with van der Waals surface area (Å²) in [5.74, 6) is 1.91. The van der Waals surface area contributed by atoms with E-state index in [0.29, 0.717) is 30.5 Å². The third kappa shape index (κ3) is 3.22. The quantitative estimate of drug-likeness (QED) is 0.795. The van der Waals surface area contributed by atoms with Gasteiger partial charge in [0.25, 0.3) is 0 Å². The molecule has 4 heterocycles. The minimum Gasteiger partial charge on any atom is -0.377 e. The lowest BCUT2D eigenvalue weighted by molar-refractivity contribution is 0.0989. The van der Waals surface area contributed by atoms with Crippen molar-refractivity contribution in [1.29, 1.82) is 0 Å². The summed E-state index contributed by atoms with van der Waals surface area (Å²) in [4.78, 5) is 11.5. The highest BCUT2D eigenvalue weighted by molar-refractivity contribution is 7.95. The van der Waals surface area contributed by atoms with E-state index in [9.17, 15) is 4.21 Å². The van der Waals surface area contributed by atoms with Crippen molar-refractivity contribution in [2.24, 2.45) is 4.36 Å². The Morgan fingerprint density at radius 2 is 2.18 bits per heavy atom. The van der Waals surface area contributed by atoms with Crippen LogP contribution in [0.25, 0.3) is 17.3 Å². The molecule has 0 saturated carbocycles. The van der Waals surface area contributed by atoms with Gasteiger partial charge in [-0.1, -0.05) is 12.2 Å². The van der Waals surface area contributed by atoms with E-state index < -0.39 is 9.73 Å². The van der Waals surface area contributed by atoms with Crippen molar-refractivity contribution in [2.45, 2.75) is 25.8 Å². The van der Waals surface area contributed by atoms with Crippen LogP contribution in [0.5, 0.6) is 0 Å². The zero-order valence-electron chi connectivity index (χ0n) is 16.0. The number of ether oxygens (including phenoxy) is 1. The summed E-state index contributed by atoms with van der Waals surface area (Å²) in [6.07, 6.45) is 9.97. The first-order valence-electron chi connectivity index (χ1n) is 9.84. The van der Waals surface area contributed by atoms with E-state index >= 15 is 0 Å². The highest BCUT2D eigenvalue weighted by Crippen LogP contribution is 2.34. The van der Waals surface area contributed by atoms with Gasteiger partial charge in [0.1, 0.15) is 0 Å². The van der Waals surface area contributed by atoms with E-state index in [2.05, 4.69) is 39.4 Å². The first kappa shape index (κ1) is 17.8. The van der Waals surface area contributed by atoms with Gasteiger partial charge in [-0.15, -0.1) is 0 Å². The van der Waals surface area contributed by atoms with E-state index in [-0.39, 0.29) is 6.04 Å². The van der Waals surface area contributed by atoms with Crippen LogP contribution in [0.1, 0.15) is 24.5 Å².